The molecular weight excluding hydrogens is 350 g/mol. The van der Waals surface area contributed by atoms with Crippen LogP contribution in [0.3, 0.4) is 0 Å². The molecule has 3 aromatic carbocycles. The van der Waals surface area contributed by atoms with Crippen molar-refractivity contribution in [2.24, 2.45) is 0 Å². The van der Waals surface area contributed by atoms with Crippen LogP contribution < -0.4 is 14.8 Å². The summed E-state index contributed by atoms with van der Waals surface area (Å²) in [6.07, 6.45) is 0.233. The molecule has 0 aliphatic carbocycles. The van der Waals surface area contributed by atoms with Crippen molar-refractivity contribution in [3.8, 4) is 11.5 Å². The zero-order valence-electron chi connectivity index (χ0n) is 16.2. The summed E-state index contributed by atoms with van der Waals surface area (Å²) in [4.78, 5) is 12.6. The van der Waals surface area contributed by atoms with E-state index in [-0.39, 0.29) is 18.2 Å². The monoisotopic (exact) mass is 375 g/mol. The topological polar surface area (TPSA) is 47.6 Å². The van der Waals surface area contributed by atoms with Crippen LogP contribution in [0.15, 0.2) is 78.9 Å². The van der Waals surface area contributed by atoms with Crippen LogP contribution in [0.1, 0.15) is 22.6 Å². The van der Waals surface area contributed by atoms with E-state index in [9.17, 15) is 4.79 Å². The molecule has 0 atom stereocenters. The lowest BCUT2D eigenvalue weighted by Crippen LogP contribution is -2.30. The maximum absolute atomic E-state index is 12.6. The van der Waals surface area contributed by atoms with Crippen LogP contribution in [0.5, 0.6) is 11.5 Å². The molecule has 0 saturated heterocycles. The second-order valence-electron chi connectivity index (χ2n) is 6.53. The summed E-state index contributed by atoms with van der Waals surface area (Å²) >= 11 is 0. The van der Waals surface area contributed by atoms with Crippen LogP contribution in [0.25, 0.3) is 0 Å². The van der Waals surface area contributed by atoms with Gasteiger partial charge < -0.3 is 14.8 Å². The number of amides is 1. The number of benzene rings is 3. The summed E-state index contributed by atoms with van der Waals surface area (Å²) in [5, 5.41) is 3.08. The van der Waals surface area contributed by atoms with Crippen molar-refractivity contribution in [1.82, 2.24) is 5.32 Å². The summed E-state index contributed by atoms with van der Waals surface area (Å²) in [6, 6.07) is 25.9. The maximum atomic E-state index is 12.6. The van der Waals surface area contributed by atoms with Gasteiger partial charge in [-0.2, -0.15) is 0 Å². The summed E-state index contributed by atoms with van der Waals surface area (Å²) < 4.78 is 10.6. The Balaban J connectivity index is 1.73. The van der Waals surface area contributed by atoms with Crippen LogP contribution >= 0.6 is 0 Å². The first-order valence-corrected chi connectivity index (χ1v) is 9.28. The fourth-order valence-corrected chi connectivity index (χ4v) is 3.27. The molecule has 0 radical (unpaired) electrons. The van der Waals surface area contributed by atoms with E-state index in [4.69, 9.17) is 9.47 Å². The molecule has 0 aromatic heterocycles. The third kappa shape index (κ3) is 4.92. The first-order valence-electron chi connectivity index (χ1n) is 9.28. The molecule has 3 rings (SSSR count). The average molecular weight is 375 g/mol. The quantitative estimate of drug-likeness (QED) is 0.642. The lowest BCUT2D eigenvalue weighted by Gasteiger charge is -2.19. The van der Waals surface area contributed by atoms with Crippen molar-refractivity contribution >= 4 is 5.91 Å². The molecule has 0 spiro atoms. The molecule has 4 heteroatoms. The van der Waals surface area contributed by atoms with Gasteiger partial charge in [-0.1, -0.05) is 60.7 Å². The predicted molar refractivity (Wildman–Crippen MR) is 111 cm³/mol. The molecule has 0 fully saturated rings. The maximum Gasteiger partial charge on any atom is 0.224 e. The van der Waals surface area contributed by atoms with Gasteiger partial charge in [0.2, 0.25) is 5.91 Å². The smallest absolute Gasteiger partial charge is 0.224 e. The first kappa shape index (κ1) is 19.5. The Hall–Kier alpha value is -3.27. The molecule has 0 saturated carbocycles. The number of carbonyl (C=O) groups excluding carboxylic acids is 1. The molecule has 0 heterocycles. The third-order valence-corrected chi connectivity index (χ3v) is 4.75. The van der Waals surface area contributed by atoms with Crippen molar-refractivity contribution in [3.63, 3.8) is 0 Å². The fourth-order valence-electron chi connectivity index (χ4n) is 3.27. The van der Waals surface area contributed by atoms with Gasteiger partial charge in [-0.15, -0.1) is 0 Å². The largest absolute Gasteiger partial charge is 0.497 e. The van der Waals surface area contributed by atoms with E-state index in [0.29, 0.717) is 18.0 Å². The second kappa shape index (κ2) is 9.60. The second-order valence-corrected chi connectivity index (χ2v) is 6.53. The number of hydrogen-bond acceptors (Lipinski definition) is 3. The van der Waals surface area contributed by atoms with E-state index in [1.165, 1.54) is 11.1 Å². The molecule has 0 unspecified atom stereocenters. The fraction of sp³-hybridized carbons (Fsp3) is 0.208. The SMILES string of the molecule is COc1ccc(OC)c(CC(=O)NCC(c2ccccc2)c2ccccc2)c1. The Morgan fingerprint density at radius 3 is 2.00 bits per heavy atom. The van der Waals surface area contributed by atoms with Gasteiger partial charge in [-0.05, 0) is 29.3 Å². The van der Waals surface area contributed by atoms with Crippen LogP contribution in [0.2, 0.25) is 0 Å². The van der Waals surface area contributed by atoms with Gasteiger partial charge >= 0.3 is 0 Å². The van der Waals surface area contributed by atoms with E-state index in [0.717, 1.165) is 5.56 Å². The van der Waals surface area contributed by atoms with Gasteiger partial charge in [0.05, 0.1) is 20.6 Å². The Labute approximate surface area is 166 Å². The predicted octanol–water partition coefficient (Wildman–Crippen LogP) is 4.19. The highest BCUT2D eigenvalue weighted by molar-refractivity contribution is 5.79. The number of ether oxygens (including phenoxy) is 2. The lowest BCUT2D eigenvalue weighted by atomic mass is 9.91. The molecule has 1 N–H and O–H groups in total. The number of hydrogen-bond donors (Lipinski definition) is 1. The van der Waals surface area contributed by atoms with Crippen molar-refractivity contribution in [2.75, 3.05) is 20.8 Å². The molecule has 144 valence electrons. The first-order chi connectivity index (χ1) is 13.7. The van der Waals surface area contributed by atoms with Gasteiger partial charge in [0.25, 0.3) is 0 Å². The lowest BCUT2D eigenvalue weighted by molar-refractivity contribution is -0.120. The average Bonchev–Trinajstić information content (AvgIpc) is 2.75. The van der Waals surface area contributed by atoms with E-state index in [2.05, 4.69) is 29.6 Å². The molecular formula is C24H25NO3. The molecule has 28 heavy (non-hydrogen) atoms. The molecule has 0 aliphatic heterocycles. The van der Waals surface area contributed by atoms with Gasteiger partial charge in [-0.25, -0.2) is 0 Å². The van der Waals surface area contributed by atoms with E-state index in [1.54, 1.807) is 14.2 Å². The van der Waals surface area contributed by atoms with E-state index < -0.39 is 0 Å². The number of nitrogens with one attached hydrogen (secondary N) is 1. The minimum absolute atomic E-state index is 0.0524. The number of methoxy groups -OCH3 is 2. The minimum Gasteiger partial charge on any atom is -0.497 e. The highest BCUT2D eigenvalue weighted by atomic mass is 16.5. The molecule has 1 amide bonds. The van der Waals surface area contributed by atoms with Crippen molar-refractivity contribution < 1.29 is 14.3 Å². The third-order valence-electron chi connectivity index (χ3n) is 4.75. The number of carbonyl (C=O) groups is 1. The Morgan fingerprint density at radius 2 is 1.46 bits per heavy atom. The van der Waals surface area contributed by atoms with Crippen molar-refractivity contribution in [3.05, 3.63) is 95.6 Å². The van der Waals surface area contributed by atoms with Crippen LogP contribution in [-0.4, -0.2) is 26.7 Å². The normalized spacial score (nSPS) is 10.5. The zero-order valence-corrected chi connectivity index (χ0v) is 16.2. The Kier molecular flexibility index (Phi) is 6.68. The van der Waals surface area contributed by atoms with Crippen LogP contribution in [-0.2, 0) is 11.2 Å². The molecule has 0 bridgehead atoms. The highest BCUT2D eigenvalue weighted by Crippen LogP contribution is 2.25. The van der Waals surface area contributed by atoms with Crippen molar-refractivity contribution in [1.29, 1.82) is 0 Å². The van der Waals surface area contributed by atoms with Crippen molar-refractivity contribution in [2.45, 2.75) is 12.3 Å². The van der Waals surface area contributed by atoms with Crippen LogP contribution in [0.4, 0.5) is 0 Å². The summed E-state index contributed by atoms with van der Waals surface area (Å²) in [7, 11) is 3.21. The Morgan fingerprint density at radius 1 is 0.857 bits per heavy atom. The van der Waals surface area contributed by atoms with Gasteiger partial charge in [0, 0.05) is 18.0 Å². The van der Waals surface area contributed by atoms with E-state index in [1.807, 2.05) is 54.6 Å². The molecule has 4 nitrogen and oxygen atoms in total. The molecule has 0 aliphatic rings. The highest BCUT2D eigenvalue weighted by Gasteiger charge is 2.16. The number of rotatable bonds is 8. The van der Waals surface area contributed by atoms with Crippen LogP contribution in [0, 0.1) is 0 Å². The van der Waals surface area contributed by atoms with Gasteiger partial charge in [-0.3, -0.25) is 4.79 Å². The van der Waals surface area contributed by atoms with Gasteiger partial charge in [0.15, 0.2) is 0 Å². The summed E-state index contributed by atoms with van der Waals surface area (Å²) in [5.41, 5.74) is 3.15. The molecule has 3 aromatic rings. The Bertz CT molecular complexity index is 855. The zero-order chi connectivity index (χ0) is 19.8. The van der Waals surface area contributed by atoms with E-state index >= 15 is 0 Å². The standard InChI is InChI=1S/C24H25NO3/c1-27-21-13-14-23(28-2)20(15-21)16-24(26)25-17-22(18-9-5-3-6-10-18)19-11-7-4-8-12-19/h3-15,22H,16-17H2,1-2H3,(H,25,26). The minimum atomic E-state index is -0.0524. The summed E-state index contributed by atoms with van der Waals surface area (Å²) in [5.74, 6) is 1.43. The van der Waals surface area contributed by atoms with Gasteiger partial charge in [0.1, 0.15) is 11.5 Å². The summed E-state index contributed by atoms with van der Waals surface area (Å²) in [6.45, 7) is 0.527.